The summed E-state index contributed by atoms with van der Waals surface area (Å²) in [5.74, 6) is -2.10. The molecule has 6 nitrogen and oxygen atoms in total. The summed E-state index contributed by atoms with van der Waals surface area (Å²) < 4.78 is 26.9. The van der Waals surface area contributed by atoms with Crippen LogP contribution in [-0.2, 0) is 16.9 Å². The van der Waals surface area contributed by atoms with E-state index in [0.717, 1.165) is 36.2 Å². The van der Waals surface area contributed by atoms with Gasteiger partial charge < -0.3 is 10.2 Å². The number of aromatic nitrogens is 2. The number of carbonyl (C=O) groups is 2. The molecule has 27 heavy (non-hydrogen) atoms. The van der Waals surface area contributed by atoms with Crippen LogP contribution >= 0.6 is 0 Å². The molecule has 1 aliphatic carbocycles. The summed E-state index contributed by atoms with van der Waals surface area (Å²) in [5, 5.41) is 9.68. The summed E-state index contributed by atoms with van der Waals surface area (Å²) in [5.41, 5.74) is 0.398. The highest BCUT2D eigenvalue weighted by atomic mass is 19.1. The second-order valence-corrected chi connectivity index (χ2v) is 8.18. The van der Waals surface area contributed by atoms with Crippen molar-refractivity contribution >= 4 is 17.6 Å². The van der Waals surface area contributed by atoms with Crippen molar-refractivity contribution in [3.05, 3.63) is 46.7 Å². The van der Waals surface area contributed by atoms with Gasteiger partial charge in [0.25, 0.3) is 5.91 Å². The third-order valence-corrected chi connectivity index (χ3v) is 5.18. The van der Waals surface area contributed by atoms with Crippen LogP contribution < -0.4 is 5.32 Å². The molecule has 2 N–H and O–H groups in total. The smallest absolute Gasteiger partial charge is 0.259 e. The van der Waals surface area contributed by atoms with Gasteiger partial charge in [-0.3, -0.25) is 14.7 Å². The predicted molar refractivity (Wildman–Crippen MR) is 93.8 cm³/mol. The number of H-pyrrole nitrogens is 1. The number of nitrogens with zero attached hydrogens (tertiary/aromatic N) is 2. The second-order valence-electron chi connectivity index (χ2n) is 8.18. The van der Waals surface area contributed by atoms with E-state index < -0.39 is 23.0 Å². The number of hydrogen-bond donors (Lipinski definition) is 2. The Morgan fingerprint density at radius 1 is 1.26 bits per heavy atom. The van der Waals surface area contributed by atoms with Crippen LogP contribution in [0.4, 0.5) is 14.6 Å². The zero-order valence-corrected chi connectivity index (χ0v) is 15.3. The Hall–Kier alpha value is -2.77. The monoisotopic (exact) mass is 374 g/mol. The van der Waals surface area contributed by atoms with Gasteiger partial charge in [-0.25, -0.2) is 8.78 Å². The van der Waals surface area contributed by atoms with Gasteiger partial charge in [0.15, 0.2) is 5.82 Å². The average molecular weight is 374 g/mol. The van der Waals surface area contributed by atoms with Gasteiger partial charge in [0.1, 0.15) is 11.6 Å². The summed E-state index contributed by atoms with van der Waals surface area (Å²) >= 11 is 0. The highest BCUT2D eigenvalue weighted by Gasteiger charge is 2.59. The number of fused-ring (bicyclic) bond motifs is 2. The molecule has 0 radical (unpaired) electrons. The largest absolute Gasteiger partial charge is 0.326 e. The summed E-state index contributed by atoms with van der Waals surface area (Å²) in [6.07, 6.45) is 1.67. The number of hydrogen-bond acceptors (Lipinski definition) is 3. The van der Waals surface area contributed by atoms with Crippen LogP contribution in [0.1, 0.15) is 55.2 Å². The maximum absolute atomic E-state index is 13.9. The van der Waals surface area contributed by atoms with E-state index >= 15 is 0 Å². The molecule has 1 spiro atoms. The Bertz CT molecular complexity index is 957. The van der Waals surface area contributed by atoms with Gasteiger partial charge in [-0.2, -0.15) is 5.10 Å². The summed E-state index contributed by atoms with van der Waals surface area (Å²) in [7, 11) is 0. The van der Waals surface area contributed by atoms with Crippen LogP contribution in [0, 0.1) is 17.0 Å². The van der Waals surface area contributed by atoms with Crippen LogP contribution in [0.15, 0.2) is 18.2 Å². The molecule has 4 rings (SSSR count). The normalized spacial score (nSPS) is 17.1. The minimum atomic E-state index is -0.942. The second kappa shape index (κ2) is 5.61. The molecule has 1 aliphatic heterocycles. The molecule has 1 aromatic heterocycles. The number of aromatic amines is 1. The highest BCUT2D eigenvalue weighted by molar-refractivity contribution is 6.04. The summed E-state index contributed by atoms with van der Waals surface area (Å²) in [6, 6.07) is 2.77. The van der Waals surface area contributed by atoms with Crippen LogP contribution in [0.5, 0.6) is 0 Å². The molecule has 0 atom stereocenters. The van der Waals surface area contributed by atoms with Crippen molar-refractivity contribution in [2.75, 3.05) is 5.32 Å². The lowest BCUT2D eigenvalue weighted by Crippen LogP contribution is -2.42. The molecule has 1 fully saturated rings. The molecule has 142 valence electrons. The molecular weight excluding hydrogens is 354 g/mol. The van der Waals surface area contributed by atoms with E-state index in [2.05, 4.69) is 15.5 Å². The molecule has 8 heteroatoms. The minimum Gasteiger partial charge on any atom is -0.326 e. The number of anilines is 1. The third kappa shape index (κ3) is 2.70. The lowest BCUT2D eigenvalue weighted by atomic mass is 9.94. The van der Waals surface area contributed by atoms with Gasteiger partial charge in [-0.1, -0.05) is 20.8 Å². The van der Waals surface area contributed by atoms with Gasteiger partial charge in [0.05, 0.1) is 23.3 Å². The van der Waals surface area contributed by atoms with E-state index in [-0.39, 0.29) is 22.8 Å². The first kappa shape index (κ1) is 17.6. The average Bonchev–Trinajstić information content (AvgIpc) is 3.17. The summed E-state index contributed by atoms with van der Waals surface area (Å²) in [6.45, 7) is 5.95. The molecule has 1 saturated carbocycles. The maximum Gasteiger partial charge on any atom is 0.259 e. The first-order chi connectivity index (χ1) is 12.6. The van der Waals surface area contributed by atoms with Crippen molar-refractivity contribution in [1.82, 2.24) is 15.1 Å². The SMILES string of the molecule is CC(C)(C)C(=O)N1Cc2c(NC(=O)c3ccc(F)cc3F)n[nH]c2C12CC2. The van der Waals surface area contributed by atoms with E-state index in [1.807, 2.05) is 25.7 Å². The Morgan fingerprint density at radius 3 is 2.56 bits per heavy atom. The fourth-order valence-electron chi connectivity index (χ4n) is 3.61. The van der Waals surface area contributed by atoms with Crippen molar-refractivity contribution in [2.24, 2.45) is 5.41 Å². The molecule has 1 aromatic carbocycles. The van der Waals surface area contributed by atoms with Crippen molar-refractivity contribution in [3.63, 3.8) is 0 Å². The van der Waals surface area contributed by atoms with Crippen molar-refractivity contribution in [3.8, 4) is 0 Å². The van der Waals surface area contributed by atoms with E-state index in [1.54, 1.807) is 0 Å². The van der Waals surface area contributed by atoms with Gasteiger partial charge in [0, 0.05) is 17.0 Å². The number of benzene rings is 1. The van der Waals surface area contributed by atoms with Gasteiger partial charge in [-0.15, -0.1) is 0 Å². The zero-order valence-electron chi connectivity index (χ0n) is 15.3. The molecule has 2 aliphatic rings. The zero-order chi connectivity index (χ0) is 19.6. The number of nitrogens with one attached hydrogen (secondary N) is 2. The molecule has 0 saturated heterocycles. The summed E-state index contributed by atoms with van der Waals surface area (Å²) in [4.78, 5) is 27.1. The lowest BCUT2D eigenvalue weighted by Gasteiger charge is -2.31. The molecule has 0 unspecified atom stereocenters. The van der Waals surface area contributed by atoms with Crippen LogP contribution in [0.3, 0.4) is 0 Å². The van der Waals surface area contributed by atoms with Crippen LogP contribution in [0.25, 0.3) is 0 Å². The molecular formula is C19H20F2N4O2. The molecule has 2 aromatic rings. The topological polar surface area (TPSA) is 78.1 Å². The maximum atomic E-state index is 13.9. The van der Waals surface area contributed by atoms with Gasteiger partial charge in [-0.05, 0) is 25.0 Å². The van der Waals surface area contributed by atoms with E-state index in [1.165, 1.54) is 0 Å². The number of halogens is 2. The third-order valence-electron chi connectivity index (χ3n) is 5.18. The van der Waals surface area contributed by atoms with Crippen LogP contribution in [0.2, 0.25) is 0 Å². The molecule has 0 bridgehead atoms. The van der Waals surface area contributed by atoms with E-state index in [4.69, 9.17) is 0 Å². The highest BCUT2D eigenvalue weighted by Crippen LogP contribution is 2.57. The number of amides is 2. The Balaban J connectivity index is 1.61. The Morgan fingerprint density at radius 2 is 1.96 bits per heavy atom. The van der Waals surface area contributed by atoms with Gasteiger partial charge in [0.2, 0.25) is 5.91 Å². The Kier molecular flexibility index (Phi) is 3.66. The van der Waals surface area contributed by atoms with Crippen molar-refractivity contribution in [2.45, 2.75) is 45.7 Å². The molecule has 2 heterocycles. The van der Waals surface area contributed by atoms with Crippen molar-refractivity contribution in [1.29, 1.82) is 0 Å². The van der Waals surface area contributed by atoms with E-state index in [9.17, 15) is 18.4 Å². The number of rotatable bonds is 2. The fraction of sp³-hybridized carbons (Fsp3) is 0.421. The first-order valence-corrected chi connectivity index (χ1v) is 8.80. The molecule has 2 amide bonds. The number of carbonyl (C=O) groups excluding carboxylic acids is 2. The van der Waals surface area contributed by atoms with Gasteiger partial charge >= 0.3 is 0 Å². The fourth-order valence-corrected chi connectivity index (χ4v) is 3.61. The predicted octanol–water partition coefficient (Wildman–Crippen LogP) is 3.32. The first-order valence-electron chi connectivity index (χ1n) is 8.80. The van der Waals surface area contributed by atoms with Crippen molar-refractivity contribution < 1.29 is 18.4 Å². The standard InChI is InChI=1S/C19H20F2N4O2/c1-18(2,3)17(27)25-9-12-14(19(25)6-7-19)23-24-15(12)22-16(26)11-5-4-10(20)8-13(11)21/h4-5,8H,6-7,9H2,1-3H3,(H2,22,23,24,26). The van der Waals surface area contributed by atoms with E-state index in [0.29, 0.717) is 12.6 Å². The van der Waals surface area contributed by atoms with Crippen LogP contribution in [-0.4, -0.2) is 26.9 Å². The quantitative estimate of drug-likeness (QED) is 0.847. The Labute approximate surface area is 154 Å². The minimum absolute atomic E-state index is 0.0338. The lowest BCUT2D eigenvalue weighted by molar-refractivity contribution is -0.143.